The van der Waals surface area contributed by atoms with Gasteiger partial charge in [-0.3, -0.25) is 9.59 Å². The van der Waals surface area contributed by atoms with Crippen LogP contribution in [0, 0.1) is 0 Å². The second kappa shape index (κ2) is 8.22. The van der Waals surface area contributed by atoms with Crippen LogP contribution in [0.2, 0.25) is 0 Å². The number of carbonyl (C=O) groups excluding carboxylic acids is 2. The number of hydrogen-bond acceptors (Lipinski definition) is 4. The second-order valence-corrected chi connectivity index (χ2v) is 6.90. The molecule has 1 fully saturated rings. The summed E-state index contributed by atoms with van der Waals surface area (Å²) < 4.78 is 5.39. The zero-order valence-corrected chi connectivity index (χ0v) is 15.9. The molecule has 1 atom stereocenters. The van der Waals surface area contributed by atoms with Gasteiger partial charge in [-0.1, -0.05) is 6.07 Å². The third kappa shape index (κ3) is 4.46. The molecule has 6 nitrogen and oxygen atoms in total. The Morgan fingerprint density at radius 1 is 1.11 bits per heavy atom. The number of nitrogens with zero attached hydrogens (tertiary/aromatic N) is 2. The normalized spacial score (nSPS) is 16.7. The van der Waals surface area contributed by atoms with Gasteiger partial charge in [0.05, 0.1) is 19.3 Å². The number of morpholine rings is 1. The van der Waals surface area contributed by atoms with Crippen LogP contribution in [0.5, 0.6) is 0 Å². The second-order valence-electron chi connectivity index (χ2n) is 6.90. The summed E-state index contributed by atoms with van der Waals surface area (Å²) in [6, 6.07) is 14.5. The molecular weight excluding hydrogens is 342 g/mol. The maximum Gasteiger partial charge on any atom is 0.255 e. The van der Waals surface area contributed by atoms with E-state index >= 15 is 0 Å². The Morgan fingerprint density at radius 2 is 1.85 bits per heavy atom. The highest BCUT2D eigenvalue weighted by Crippen LogP contribution is 2.18. The van der Waals surface area contributed by atoms with Gasteiger partial charge in [0.1, 0.15) is 0 Å². The van der Waals surface area contributed by atoms with Crippen LogP contribution < -0.4 is 10.2 Å². The smallest absolute Gasteiger partial charge is 0.255 e. The average molecular weight is 367 g/mol. The van der Waals surface area contributed by atoms with Crippen molar-refractivity contribution in [2.75, 3.05) is 44.1 Å². The minimum absolute atomic E-state index is 0.0414. The van der Waals surface area contributed by atoms with Crippen molar-refractivity contribution >= 4 is 23.2 Å². The number of carbonyl (C=O) groups is 2. The van der Waals surface area contributed by atoms with E-state index in [9.17, 15) is 9.59 Å². The van der Waals surface area contributed by atoms with Crippen LogP contribution in [-0.4, -0.2) is 56.6 Å². The quantitative estimate of drug-likeness (QED) is 0.903. The first-order valence-corrected chi connectivity index (χ1v) is 9.03. The van der Waals surface area contributed by atoms with Gasteiger partial charge in [0, 0.05) is 43.1 Å². The zero-order valence-electron chi connectivity index (χ0n) is 15.9. The number of hydrogen-bond donors (Lipinski definition) is 1. The number of benzene rings is 2. The molecule has 27 heavy (non-hydrogen) atoms. The van der Waals surface area contributed by atoms with E-state index in [1.165, 1.54) is 0 Å². The van der Waals surface area contributed by atoms with Crippen LogP contribution in [-0.2, 0) is 4.74 Å². The van der Waals surface area contributed by atoms with E-state index in [4.69, 9.17) is 4.74 Å². The average Bonchev–Trinajstić information content (AvgIpc) is 2.68. The molecule has 0 spiro atoms. The number of rotatable bonds is 4. The Kier molecular flexibility index (Phi) is 5.76. The third-order valence-corrected chi connectivity index (χ3v) is 4.64. The number of anilines is 2. The molecule has 2 aromatic carbocycles. The highest BCUT2D eigenvalue weighted by molar-refractivity contribution is 6.05. The van der Waals surface area contributed by atoms with Crippen LogP contribution in [0.3, 0.4) is 0 Å². The molecule has 1 aliphatic rings. The summed E-state index contributed by atoms with van der Waals surface area (Å²) in [5.74, 6) is -0.248. The van der Waals surface area contributed by atoms with Crippen molar-refractivity contribution in [2.45, 2.75) is 13.0 Å². The number of ether oxygens (including phenoxy) is 1. The van der Waals surface area contributed by atoms with Crippen molar-refractivity contribution < 1.29 is 14.3 Å². The van der Waals surface area contributed by atoms with E-state index < -0.39 is 0 Å². The predicted octanol–water partition coefficient (Wildman–Crippen LogP) is 2.87. The summed E-state index contributed by atoms with van der Waals surface area (Å²) in [5.41, 5.74) is 2.76. The molecule has 1 heterocycles. The monoisotopic (exact) mass is 367 g/mol. The van der Waals surface area contributed by atoms with Gasteiger partial charge in [0.25, 0.3) is 11.8 Å². The first-order chi connectivity index (χ1) is 13.0. The summed E-state index contributed by atoms with van der Waals surface area (Å²) in [6.45, 7) is 3.65. The minimum atomic E-state index is -0.204. The molecule has 1 unspecified atom stereocenters. The summed E-state index contributed by atoms with van der Waals surface area (Å²) in [5, 5.41) is 2.87. The van der Waals surface area contributed by atoms with E-state index in [1.54, 1.807) is 36.4 Å². The molecule has 0 radical (unpaired) electrons. The van der Waals surface area contributed by atoms with Gasteiger partial charge in [-0.15, -0.1) is 0 Å². The van der Waals surface area contributed by atoms with Crippen LogP contribution in [0.25, 0.3) is 0 Å². The van der Waals surface area contributed by atoms with Crippen molar-refractivity contribution in [2.24, 2.45) is 0 Å². The van der Waals surface area contributed by atoms with Crippen molar-refractivity contribution in [3.8, 4) is 0 Å². The first-order valence-electron chi connectivity index (χ1n) is 9.03. The maximum absolute atomic E-state index is 12.8. The topological polar surface area (TPSA) is 61.9 Å². The van der Waals surface area contributed by atoms with Gasteiger partial charge in [-0.05, 0) is 49.4 Å². The summed E-state index contributed by atoms with van der Waals surface area (Å²) >= 11 is 0. The Morgan fingerprint density at radius 3 is 2.52 bits per heavy atom. The maximum atomic E-state index is 12.8. The van der Waals surface area contributed by atoms with Gasteiger partial charge >= 0.3 is 0 Å². The fraction of sp³-hybridized carbons (Fsp3) is 0.333. The first kappa shape index (κ1) is 18.9. The molecular formula is C21H25N3O3. The van der Waals surface area contributed by atoms with Crippen molar-refractivity contribution in [3.05, 3.63) is 59.7 Å². The van der Waals surface area contributed by atoms with Crippen LogP contribution in [0.1, 0.15) is 27.6 Å². The van der Waals surface area contributed by atoms with E-state index in [1.807, 2.05) is 43.0 Å². The number of nitrogens with one attached hydrogen (secondary N) is 1. The van der Waals surface area contributed by atoms with E-state index in [-0.39, 0.29) is 17.9 Å². The third-order valence-electron chi connectivity index (χ3n) is 4.64. The molecule has 2 amide bonds. The highest BCUT2D eigenvalue weighted by atomic mass is 16.5. The standard InChI is InChI=1S/C21H25N3O3/c1-15-14-27-12-11-24(15)21(26)17-5-4-6-18(13-17)22-20(25)16-7-9-19(10-8-16)23(2)3/h4-10,13,15H,11-12,14H2,1-3H3,(H,22,25). The molecule has 3 rings (SSSR count). The van der Waals surface area contributed by atoms with Crippen molar-refractivity contribution in [3.63, 3.8) is 0 Å². The van der Waals surface area contributed by atoms with Crippen molar-refractivity contribution in [1.82, 2.24) is 4.90 Å². The van der Waals surface area contributed by atoms with Crippen molar-refractivity contribution in [1.29, 1.82) is 0 Å². The summed E-state index contributed by atoms with van der Waals surface area (Å²) in [7, 11) is 3.90. The molecule has 1 N–H and O–H groups in total. The van der Waals surface area contributed by atoms with E-state index in [2.05, 4.69) is 5.32 Å². The Hall–Kier alpha value is -2.86. The molecule has 1 aliphatic heterocycles. The Balaban J connectivity index is 1.71. The fourth-order valence-electron chi connectivity index (χ4n) is 3.04. The van der Waals surface area contributed by atoms with Crippen LogP contribution in [0.4, 0.5) is 11.4 Å². The molecule has 0 bridgehead atoms. The predicted molar refractivity (Wildman–Crippen MR) is 106 cm³/mol. The molecule has 0 saturated carbocycles. The highest BCUT2D eigenvalue weighted by Gasteiger charge is 2.24. The Bertz CT molecular complexity index is 818. The Labute approximate surface area is 159 Å². The molecule has 6 heteroatoms. The van der Waals surface area contributed by atoms with E-state index in [0.29, 0.717) is 36.6 Å². The van der Waals surface area contributed by atoms with Gasteiger partial charge in [0.15, 0.2) is 0 Å². The van der Waals surface area contributed by atoms with Gasteiger partial charge in [-0.25, -0.2) is 0 Å². The van der Waals surface area contributed by atoms with E-state index in [0.717, 1.165) is 5.69 Å². The summed E-state index contributed by atoms with van der Waals surface area (Å²) in [6.07, 6.45) is 0. The lowest BCUT2D eigenvalue weighted by molar-refractivity contribution is 0.00359. The molecule has 2 aromatic rings. The lowest BCUT2D eigenvalue weighted by Gasteiger charge is -2.33. The summed E-state index contributed by atoms with van der Waals surface area (Å²) in [4.78, 5) is 29.1. The lowest BCUT2D eigenvalue weighted by Crippen LogP contribution is -2.47. The van der Waals surface area contributed by atoms with Crippen LogP contribution >= 0.6 is 0 Å². The fourth-order valence-corrected chi connectivity index (χ4v) is 3.04. The van der Waals surface area contributed by atoms with Gasteiger partial charge in [-0.2, -0.15) is 0 Å². The zero-order chi connectivity index (χ0) is 19.4. The molecule has 142 valence electrons. The molecule has 0 aliphatic carbocycles. The van der Waals surface area contributed by atoms with Crippen LogP contribution in [0.15, 0.2) is 48.5 Å². The molecule has 1 saturated heterocycles. The molecule has 0 aromatic heterocycles. The largest absolute Gasteiger partial charge is 0.378 e. The minimum Gasteiger partial charge on any atom is -0.378 e. The SMILES string of the molecule is CC1COCCN1C(=O)c1cccc(NC(=O)c2ccc(N(C)C)cc2)c1. The lowest BCUT2D eigenvalue weighted by atomic mass is 10.1. The number of amides is 2. The van der Waals surface area contributed by atoms with Gasteiger partial charge in [0.2, 0.25) is 0 Å². The van der Waals surface area contributed by atoms with Gasteiger partial charge < -0.3 is 19.9 Å².